The molecule has 3 rings (SSSR count). The van der Waals surface area contributed by atoms with Gasteiger partial charge in [0.05, 0.1) is 0 Å². The SMILES string of the molecule is O=C(Cc1cnc(OCC(F)(F)F)c(-c2ccc(Cl)cc2)c1)c1ccncc1. The number of ketones is 1. The minimum atomic E-state index is -4.49. The summed E-state index contributed by atoms with van der Waals surface area (Å²) in [5.41, 5.74) is 1.96. The third-order valence-corrected chi connectivity index (χ3v) is 4.05. The summed E-state index contributed by atoms with van der Waals surface area (Å²) in [7, 11) is 0. The highest BCUT2D eigenvalue weighted by atomic mass is 35.5. The van der Waals surface area contributed by atoms with E-state index >= 15 is 0 Å². The Hall–Kier alpha value is -2.93. The van der Waals surface area contributed by atoms with Crippen LogP contribution in [0, 0.1) is 0 Å². The Bertz CT molecular complexity index is 961. The van der Waals surface area contributed by atoms with Gasteiger partial charge in [-0.2, -0.15) is 13.2 Å². The largest absolute Gasteiger partial charge is 0.468 e. The summed E-state index contributed by atoms with van der Waals surface area (Å²) in [5.74, 6) is -0.324. The lowest BCUT2D eigenvalue weighted by Crippen LogP contribution is -2.20. The average Bonchev–Trinajstić information content (AvgIpc) is 2.67. The van der Waals surface area contributed by atoms with Gasteiger partial charge in [-0.05, 0) is 41.5 Å². The second-order valence-corrected chi connectivity index (χ2v) is 6.38. The number of alkyl halides is 3. The minimum absolute atomic E-state index is 0.0388. The van der Waals surface area contributed by atoms with Crippen LogP contribution in [0.3, 0.4) is 0 Å². The van der Waals surface area contributed by atoms with Crippen molar-refractivity contribution in [3.63, 3.8) is 0 Å². The van der Waals surface area contributed by atoms with E-state index in [-0.39, 0.29) is 18.1 Å². The molecule has 2 aromatic heterocycles. The lowest BCUT2D eigenvalue weighted by atomic mass is 10.0. The highest BCUT2D eigenvalue weighted by Crippen LogP contribution is 2.31. The van der Waals surface area contributed by atoms with Gasteiger partial charge in [-0.1, -0.05) is 23.7 Å². The molecule has 0 spiro atoms. The van der Waals surface area contributed by atoms with Gasteiger partial charge in [-0.25, -0.2) is 4.98 Å². The molecule has 0 aliphatic rings. The molecule has 144 valence electrons. The monoisotopic (exact) mass is 406 g/mol. The van der Waals surface area contributed by atoms with E-state index < -0.39 is 12.8 Å². The zero-order chi connectivity index (χ0) is 20.1. The molecule has 0 fully saturated rings. The van der Waals surface area contributed by atoms with Crippen molar-refractivity contribution >= 4 is 17.4 Å². The van der Waals surface area contributed by atoms with Gasteiger partial charge in [0.1, 0.15) is 0 Å². The quantitative estimate of drug-likeness (QED) is 0.530. The molecule has 0 N–H and O–H groups in total. The molecule has 0 amide bonds. The molecule has 0 bridgehead atoms. The third-order valence-electron chi connectivity index (χ3n) is 3.80. The summed E-state index contributed by atoms with van der Waals surface area (Å²) in [6.07, 6.45) is -0.0896. The maximum Gasteiger partial charge on any atom is 0.422 e. The third kappa shape index (κ3) is 5.29. The van der Waals surface area contributed by atoms with Crippen LogP contribution in [-0.4, -0.2) is 28.5 Å². The molecular formula is C20H14ClF3N2O2. The smallest absolute Gasteiger partial charge is 0.422 e. The summed E-state index contributed by atoms with van der Waals surface area (Å²) in [6.45, 7) is -1.46. The fraction of sp³-hybridized carbons (Fsp3) is 0.150. The number of pyridine rings is 2. The molecule has 1 aromatic carbocycles. The van der Waals surface area contributed by atoms with E-state index in [9.17, 15) is 18.0 Å². The van der Waals surface area contributed by atoms with Crippen molar-refractivity contribution in [2.75, 3.05) is 6.61 Å². The summed E-state index contributed by atoms with van der Waals surface area (Å²) >= 11 is 5.88. The Morgan fingerprint density at radius 3 is 2.39 bits per heavy atom. The fourth-order valence-corrected chi connectivity index (χ4v) is 2.64. The number of Topliss-reactive ketones (excluding diaryl/α,β-unsaturated/α-hetero) is 1. The van der Waals surface area contributed by atoms with Crippen LogP contribution in [0.4, 0.5) is 13.2 Å². The maximum absolute atomic E-state index is 12.5. The van der Waals surface area contributed by atoms with Gasteiger partial charge in [0, 0.05) is 41.2 Å². The van der Waals surface area contributed by atoms with Crippen molar-refractivity contribution in [3.8, 4) is 17.0 Å². The van der Waals surface area contributed by atoms with Crippen molar-refractivity contribution in [2.45, 2.75) is 12.6 Å². The first-order valence-corrected chi connectivity index (χ1v) is 8.57. The molecule has 4 nitrogen and oxygen atoms in total. The standard InChI is InChI=1S/C20H14ClF3N2O2/c21-16-3-1-14(2-4-16)17-9-13(10-18(27)15-5-7-25-8-6-15)11-26-19(17)28-12-20(22,23)24/h1-9,11H,10,12H2. The summed E-state index contributed by atoms with van der Waals surface area (Å²) < 4.78 is 42.5. The first-order valence-electron chi connectivity index (χ1n) is 8.19. The normalized spacial score (nSPS) is 11.3. The van der Waals surface area contributed by atoms with Gasteiger partial charge < -0.3 is 4.74 Å². The summed E-state index contributed by atoms with van der Waals surface area (Å²) in [6, 6.07) is 11.3. The van der Waals surface area contributed by atoms with Crippen LogP contribution in [-0.2, 0) is 6.42 Å². The van der Waals surface area contributed by atoms with E-state index in [2.05, 4.69) is 9.97 Å². The van der Waals surface area contributed by atoms with Crippen molar-refractivity contribution in [2.24, 2.45) is 0 Å². The second kappa shape index (κ2) is 8.39. The number of hydrogen-bond acceptors (Lipinski definition) is 4. The lowest BCUT2D eigenvalue weighted by molar-refractivity contribution is -0.154. The van der Waals surface area contributed by atoms with Crippen molar-refractivity contribution in [3.05, 3.63) is 77.2 Å². The number of carbonyl (C=O) groups is 1. The van der Waals surface area contributed by atoms with Gasteiger partial charge in [0.15, 0.2) is 12.4 Å². The van der Waals surface area contributed by atoms with E-state index in [1.807, 2.05) is 0 Å². The van der Waals surface area contributed by atoms with E-state index in [0.29, 0.717) is 27.3 Å². The molecule has 0 atom stereocenters. The van der Waals surface area contributed by atoms with Gasteiger partial charge in [0.2, 0.25) is 5.88 Å². The molecule has 0 saturated carbocycles. The minimum Gasteiger partial charge on any atom is -0.468 e. The van der Waals surface area contributed by atoms with Crippen LogP contribution in [0.2, 0.25) is 5.02 Å². The predicted octanol–water partition coefficient (Wildman–Crippen LogP) is 5.16. The first kappa shape index (κ1) is 19.8. The molecule has 0 aliphatic heterocycles. The number of benzene rings is 1. The van der Waals surface area contributed by atoms with Crippen molar-refractivity contribution < 1.29 is 22.7 Å². The number of aromatic nitrogens is 2. The van der Waals surface area contributed by atoms with Crippen LogP contribution in [0.5, 0.6) is 5.88 Å². The van der Waals surface area contributed by atoms with E-state index in [1.54, 1.807) is 42.5 Å². The highest BCUT2D eigenvalue weighted by molar-refractivity contribution is 6.30. The number of hydrogen-bond donors (Lipinski definition) is 0. The number of halogens is 4. The van der Waals surface area contributed by atoms with E-state index in [4.69, 9.17) is 16.3 Å². The van der Waals surface area contributed by atoms with E-state index in [1.165, 1.54) is 18.6 Å². The Labute approximate surface area is 164 Å². The number of carbonyl (C=O) groups excluding carboxylic acids is 1. The molecule has 2 heterocycles. The Balaban J connectivity index is 1.91. The fourth-order valence-electron chi connectivity index (χ4n) is 2.52. The zero-order valence-corrected chi connectivity index (χ0v) is 15.2. The van der Waals surface area contributed by atoms with Crippen molar-refractivity contribution in [1.29, 1.82) is 0 Å². The zero-order valence-electron chi connectivity index (χ0n) is 14.4. The lowest BCUT2D eigenvalue weighted by Gasteiger charge is -2.14. The predicted molar refractivity (Wildman–Crippen MR) is 98.5 cm³/mol. The van der Waals surface area contributed by atoms with Crippen LogP contribution < -0.4 is 4.74 Å². The maximum atomic E-state index is 12.5. The Morgan fingerprint density at radius 1 is 1.07 bits per heavy atom. The van der Waals surface area contributed by atoms with Gasteiger partial charge >= 0.3 is 6.18 Å². The molecule has 0 aliphatic carbocycles. The van der Waals surface area contributed by atoms with Crippen LogP contribution in [0.1, 0.15) is 15.9 Å². The van der Waals surface area contributed by atoms with Crippen LogP contribution in [0.25, 0.3) is 11.1 Å². The summed E-state index contributed by atoms with van der Waals surface area (Å²) in [5, 5.41) is 0.485. The van der Waals surface area contributed by atoms with E-state index in [0.717, 1.165) is 0 Å². The Morgan fingerprint density at radius 2 is 1.75 bits per heavy atom. The molecular weight excluding hydrogens is 393 g/mol. The van der Waals surface area contributed by atoms with Gasteiger partial charge in [-0.15, -0.1) is 0 Å². The topological polar surface area (TPSA) is 52.1 Å². The Kier molecular flexibility index (Phi) is 5.94. The molecule has 3 aromatic rings. The van der Waals surface area contributed by atoms with Gasteiger partial charge in [0.25, 0.3) is 0 Å². The van der Waals surface area contributed by atoms with Gasteiger partial charge in [-0.3, -0.25) is 9.78 Å². The van der Waals surface area contributed by atoms with Crippen LogP contribution in [0.15, 0.2) is 61.1 Å². The number of rotatable bonds is 6. The summed E-state index contributed by atoms with van der Waals surface area (Å²) in [4.78, 5) is 20.3. The number of nitrogens with zero attached hydrogens (tertiary/aromatic N) is 2. The molecule has 0 saturated heterocycles. The number of ether oxygens (including phenoxy) is 1. The molecule has 28 heavy (non-hydrogen) atoms. The highest BCUT2D eigenvalue weighted by Gasteiger charge is 2.29. The van der Waals surface area contributed by atoms with Crippen molar-refractivity contribution in [1.82, 2.24) is 9.97 Å². The van der Waals surface area contributed by atoms with Crippen LogP contribution >= 0.6 is 11.6 Å². The molecule has 0 unspecified atom stereocenters. The molecule has 0 radical (unpaired) electrons. The average molecular weight is 407 g/mol. The first-order chi connectivity index (χ1) is 13.3. The second-order valence-electron chi connectivity index (χ2n) is 5.94. The molecule has 8 heteroatoms.